The van der Waals surface area contributed by atoms with Crippen LogP contribution >= 0.6 is 8.03 Å². The van der Waals surface area contributed by atoms with Gasteiger partial charge in [-0.05, 0) is 12.8 Å². The number of rotatable bonds is 5. The molecule has 0 aromatic rings. The second-order valence-electron chi connectivity index (χ2n) is 3.75. The maximum absolute atomic E-state index is 11.2. The summed E-state index contributed by atoms with van der Waals surface area (Å²) in [4.78, 5) is 20.0. The van der Waals surface area contributed by atoms with Gasteiger partial charge in [-0.3, -0.25) is 9.36 Å². The molecule has 0 rings (SSSR count). The van der Waals surface area contributed by atoms with Gasteiger partial charge in [0, 0.05) is 12.2 Å². The molecule has 0 aromatic heterocycles. The first-order valence-electron chi connectivity index (χ1n) is 4.62. The summed E-state index contributed by atoms with van der Waals surface area (Å²) in [6, 6.07) is -0.859. The van der Waals surface area contributed by atoms with Crippen molar-refractivity contribution in [3.8, 4) is 0 Å². The Morgan fingerprint density at radius 3 is 2.29 bits per heavy atom. The number of carbonyl (C=O) groups excluding carboxylic acids is 1. The Balaban J connectivity index is 4.23. The van der Waals surface area contributed by atoms with E-state index in [2.05, 4.69) is 5.32 Å². The zero-order valence-electron chi connectivity index (χ0n) is 8.78. The normalized spacial score (nSPS) is 17.6. The molecule has 3 atom stereocenters. The Morgan fingerprint density at radius 2 is 2.00 bits per heavy atom. The molecule has 0 aliphatic heterocycles. The van der Waals surface area contributed by atoms with Crippen LogP contribution in [0.1, 0.15) is 20.8 Å². The average molecular weight is 222 g/mol. The van der Waals surface area contributed by atoms with Crippen LogP contribution in [0.5, 0.6) is 0 Å². The van der Waals surface area contributed by atoms with Crippen molar-refractivity contribution in [2.75, 3.05) is 6.16 Å². The smallest absolute Gasteiger partial charge is 0.236 e. The van der Waals surface area contributed by atoms with Gasteiger partial charge in [-0.2, -0.15) is 0 Å². The molecule has 2 unspecified atom stereocenters. The molecule has 0 saturated carbocycles. The lowest BCUT2D eigenvalue weighted by Crippen LogP contribution is -2.47. The van der Waals surface area contributed by atoms with Crippen LogP contribution in [0.4, 0.5) is 0 Å². The number of nitrogens with two attached hydrogens (primary N) is 1. The van der Waals surface area contributed by atoms with Crippen LogP contribution in [0.25, 0.3) is 0 Å². The van der Waals surface area contributed by atoms with E-state index in [9.17, 15) is 9.36 Å². The molecule has 0 aromatic carbocycles. The molecular weight excluding hydrogens is 203 g/mol. The molecule has 0 aliphatic carbocycles. The first-order valence-corrected chi connectivity index (χ1v) is 6.18. The fourth-order valence-electron chi connectivity index (χ4n) is 0.956. The summed E-state index contributed by atoms with van der Waals surface area (Å²) in [5.74, 6) is -0.161. The third-order valence-electron chi connectivity index (χ3n) is 1.94. The van der Waals surface area contributed by atoms with Crippen LogP contribution in [-0.2, 0) is 9.36 Å². The molecule has 0 bridgehead atoms. The third-order valence-corrected chi connectivity index (χ3v) is 2.73. The van der Waals surface area contributed by atoms with Gasteiger partial charge in [0.15, 0.2) is 8.03 Å². The fourth-order valence-corrected chi connectivity index (χ4v) is 1.91. The lowest BCUT2D eigenvalue weighted by Gasteiger charge is -2.22. The summed E-state index contributed by atoms with van der Waals surface area (Å²) >= 11 is 0. The van der Waals surface area contributed by atoms with Gasteiger partial charge in [0.25, 0.3) is 0 Å². The van der Waals surface area contributed by atoms with E-state index in [1.807, 2.05) is 13.8 Å². The average Bonchev–Trinajstić information content (AvgIpc) is 2.01. The minimum Gasteiger partial charge on any atom is -0.351 e. The Kier molecular flexibility index (Phi) is 6.00. The molecule has 14 heavy (non-hydrogen) atoms. The summed E-state index contributed by atoms with van der Waals surface area (Å²) in [5.41, 5.74) is 5.37. The van der Waals surface area contributed by atoms with Gasteiger partial charge in [0.05, 0.1) is 6.04 Å². The fraction of sp³-hybridized carbons (Fsp3) is 0.875. The molecule has 0 spiro atoms. The zero-order valence-corrected chi connectivity index (χ0v) is 9.78. The van der Waals surface area contributed by atoms with Crippen LogP contribution in [0.2, 0.25) is 0 Å². The quantitative estimate of drug-likeness (QED) is 0.568. The van der Waals surface area contributed by atoms with Crippen LogP contribution in [-0.4, -0.2) is 29.0 Å². The van der Waals surface area contributed by atoms with E-state index in [4.69, 9.17) is 10.6 Å². The van der Waals surface area contributed by atoms with E-state index in [1.165, 1.54) is 0 Å². The van der Waals surface area contributed by atoms with E-state index < -0.39 is 14.1 Å². The Morgan fingerprint density at radius 1 is 1.50 bits per heavy atom. The molecule has 6 heteroatoms. The molecule has 5 nitrogen and oxygen atoms in total. The van der Waals surface area contributed by atoms with Crippen molar-refractivity contribution in [1.82, 2.24) is 5.32 Å². The van der Waals surface area contributed by atoms with E-state index in [-0.39, 0.29) is 24.0 Å². The van der Waals surface area contributed by atoms with Crippen molar-refractivity contribution in [2.24, 2.45) is 11.7 Å². The van der Waals surface area contributed by atoms with Crippen LogP contribution in [0.15, 0.2) is 0 Å². The topological polar surface area (TPSA) is 92.4 Å². The van der Waals surface area contributed by atoms with Crippen molar-refractivity contribution >= 4 is 13.9 Å². The number of hydrogen-bond donors (Lipinski definition) is 3. The van der Waals surface area contributed by atoms with Crippen molar-refractivity contribution in [1.29, 1.82) is 0 Å². The molecule has 4 N–H and O–H groups in total. The van der Waals surface area contributed by atoms with Gasteiger partial charge in [-0.1, -0.05) is 13.8 Å². The largest absolute Gasteiger partial charge is 0.351 e. The van der Waals surface area contributed by atoms with E-state index >= 15 is 0 Å². The highest BCUT2D eigenvalue weighted by Crippen LogP contribution is 2.18. The monoisotopic (exact) mass is 222 g/mol. The number of carbonyl (C=O) groups is 1. The highest BCUT2D eigenvalue weighted by atomic mass is 31.1. The standard InChI is InChI=1S/C8H19N2O3P/c1-5(2)7(4-14(12)13)10-8(11)6(3)9/h5-7,14H,4,9H2,1-3H3,(H,10,11)(H,12,13)/t6-,7?/m0/s1. The lowest BCUT2D eigenvalue weighted by atomic mass is 10.1. The molecule has 84 valence electrons. The molecule has 0 aliphatic rings. The third kappa shape index (κ3) is 5.37. The predicted molar refractivity (Wildman–Crippen MR) is 56.5 cm³/mol. The molecule has 0 radical (unpaired) electrons. The maximum atomic E-state index is 11.2. The zero-order chi connectivity index (χ0) is 11.3. The maximum Gasteiger partial charge on any atom is 0.236 e. The molecule has 1 amide bonds. The second-order valence-corrected chi connectivity index (χ2v) is 4.94. The second kappa shape index (κ2) is 6.17. The van der Waals surface area contributed by atoms with E-state index in [0.29, 0.717) is 0 Å². The Bertz CT molecular complexity index is 219. The summed E-state index contributed by atoms with van der Waals surface area (Å²) in [5, 5.41) is 2.65. The SMILES string of the molecule is CC(C)C(C[PH](=O)O)NC(=O)[C@H](C)N. The van der Waals surface area contributed by atoms with Gasteiger partial charge in [0.1, 0.15) is 0 Å². The van der Waals surface area contributed by atoms with Crippen molar-refractivity contribution < 1.29 is 14.3 Å². The summed E-state index contributed by atoms with van der Waals surface area (Å²) in [7, 11) is -2.55. The molecule has 0 saturated heterocycles. The van der Waals surface area contributed by atoms with Crippen molar-refractivity contribution in [3.63, 3.8) is 0 Å². The van der Waals surface area contributed by atoms with Crippen molar-refractivity contribution in [2.45, 2.75) is 32.9 Å². The summed E-state index contributed by atoms with van der Waals surface area (Å²) < 4.78 is 10.7. The minimum atomic E-state index is -2.55. The number of amides is 1. The highest BCUT2D eigenvalue weighted by Gasteiger charge is 2.19. The first kappa shape index (κ1) is 13.6. The van der Waals surface area contributed by atoms with Crippen molar-refractivity contribution in [3.05, 3.63) is 0 Å². The Hall–Kier alpha value is -0.380. The van der Waals surface area contributed by atoms with Gasteiger partial charge in [-0.15, -0.1) is 0 Å². The Labute approximate surface area is 84.9 Å². The van der Waals surface area contributed by atoms with Gasteiger partial charge in [-0.25, -0.2) is 0 Å². The number of hydrogen-bond acceptors (Lipinski definition) is 3. The minimum absolute atomic E-state index is 0.112. The van der Waals surface area contributed by atoms with Gasteiger partial charge >= 0.3 is 0 Å². The summed E-state index contributed by atoms with van der Waals surface area (Å²) in [6.07, 6.45) is 0.112. The predicted octanol–water partition coefficient (Wildman–Crippen LogP) is -0.0586. The summed E-state index contributed by atoms with van der Waals surface area (Å²) in [6.45, 7) is 5.35. The first-order chi connectivity index (χ1) is 6.34. The van der Waals surface area contributed by atoms with E-state index in [1.54, 1.807) is 6.92 Å². The van der Waals surface area contributed by atoms with Crippen LogP contribution < -0.4 is 11.1 Å². The van der Waals surface area contributed by atoms with E-state index in [0.717, 1.165) is 0 Å². The molecule has 0 fully saturated rings. The molecule has 0 heterocycles. The number of nitrogens with one attached hydrogen (secondary N) is 1. The van der Waals surface area contributed by atoms with Crippen LogP contribution in [0.3, 0.4) is 0 Å². The van der Waals surface area contributed by atoms with Crippen LogP contribution in [0, 0.1) is 5.92 Å². The highest BCUT2D eigenvalue weighted by molar-refractivity contribution is 7.38. The molecular formula is C8H19N2O3P. The van der Waals surface area contributed by atoms with Gasteiger partial charge < -0.3 is 15.9 Å². The van der Waals surface area contributed by atoms with Gasteiger partial charge in [0.2, 0.25) is 5.91 Å². The lowest BCUT2D eigenvalue weighted by molar-refractivity contribution is -0.122.